The smallest absolute Gasteiger partial charge is 0.271 e. The van der Waals surface area contributed by atoms with Gasteiger partial charge in [-0.3, -0.25) is 14.9 Å². The lowest BCUT2D eigenvalue weighted by Gasteiger charge is -2.07. The van der Waals surface area contributed by atoms with Gasteiger partial charge in [0.1, 0.15) is 0 Å². The first-order valence-electron chi connectivity index (χ1n) is 5.48. The van der Waals surface area contributed by atoms with Crippen LogP contribution in [0.15, 0.2) is 51.4 Å². The van der Waals surface area contributed by atoms with Crippen LogP contribution < -0.4 is 5.32 Å². The molecule has 102 valence electrons. The largest absolute Gasteiger partial charge is 0.321 e. The summed E-state index contributed by atoms with van der Waals surface area (Å²) < 4.78 is 1.44. The number of nitrogens with zero attached hydrogens (tertiary/aromatic N) is 1. The molecule has 0 atom stereocenters. The number of carbonyl (C=O) groups excluding carboxylic acids is 1. The zero-order valence-electron chi connectivity index (χ0n) is 9.97. The van der Waals surface area contributed by atoms with E-state index in [1.54, 1.807) is 24.3 Å². The first kappa shape index (κ1) is 14.7. The van der Waals surface area contributed by atoms with Crippen LogP contribution in [0.1, 0.15) is 10.4 Å². The van der Waals surface area contributed by atoms with Crippen LogP contribution in [0.25, 0.3) is 0 Å². The molecule has 0 saturated heterocycles. The molecule has 0 bridgehead atoms. The maximum absolute atomic E-state index is 12.0. The summed E-state index contributed by atoms with van der Waals surface area (Å²) in [6.07, 6.45) is 0. The first-order chi connectivity index (χ1) is 9.47. The Morgan fingerprint density at radius 1 is 1.10 bits per heavy atom. The highest BCUT2D eigenvalue weighted by Crippen LogP contribution is 2.27. The molecule has 0 saturated carbocycles. The van der Waals surface area contributed by atoms with Crippen molar-refractivity contribution in [2.75, 3.05) is 5.32 Å². The van der Waals surface area contributed by atoms with Crippen LogP contribution in [-0.2, 0) is 0 Å². The second-order valence-corrected chi connectivity index (χ2v) is 5.65. The number of nitro benzene ring substituents is 1. The number of hydrogen-bond donors (Lipinski definition) is 1. The fourth-order valence-electron chi connectivity index (χ4n) is 1.52. The molecule has 5 nitrogen and oxygen atoms in total. The highest BCUT2D eigenvalue weighted by Gasteiger charge is 2.12. The second-order valence-electron chi connectivity index (χ2n) is 3.88. The van der Waals surface area contributed by atoms with Crippen LogP contribution in [-0.4, -0.2) is 10.8 Å². The van der Waals surface area contributed by atoms with Crippen molar-refractivity contribution >= 4 is 49.1 Å². The lowest BCUT2D eigenvalue weighted by Crippen LogP contribution is -2.12. The van der Waals surface area contributed by atoms with Crippen LogP contribution in [0.5, 0.6) is 0 Å². The number of amides is 1. The highest BCUT2D eigenvalue weighted by atomic mass is 79.9. The Bertz CT molecular complexity index is 672. The molecule has 2 aromatic carbocycles. The average molecular weight is 400 g/mol. The van der Waals surface area contributed by atoms with E-state index in [0.717, 1.165) is 4.47 Å². The van der Waals surface area contributed by atoms with Gasteiger partial charge in [-0.25, -0.2) is 0 Å². The van der Waals surface area contributed by atoms with E-state index in [4.69, 9.17) is 0 Å². The van der Waals surface area contributed by atoms with Gasteiger partial charge in [-0.15, -0.1) is 0 Å². The molecule has 0 aromatic heterocycles. The molecule has 0 aliphatic heterocycles. The Morgan fingerprint density at radius 2 is 1.75 bits per heavy atom. The molecule has 1 N–H and O–H groups in total. The molecule has 7 heteroatoms. The number of benzene rings is 2. The van der Waals surface area contributed by atoms with Gasteiger partial charge in [0.2, 0.25) is 0 Å². The zero-order chi connectivity index (χ0) is 14.7. The minimum absolute atomic E-state index is 0.0840. The quantitative estimate of drug-likeness (QED) is 0.615. The third kappa shape index (κ3) is 3.43. The first-order valence-corrected chi connectivity index (χ1v) is 7.07. The Kier molecular flexibility index (Phi) is 4.51. The van der Waals surface area contributed by atoms with Crippen LogP contribution in [0, 0.1) is 10.1 Å². The van der Waals surface area contributed by atoms with E-state index in [2.05, 4.69) is 37.2 Å². The second kappa shape index (κ2) is 6.15. The van der Waals surface area contributed by atoms with Gasteiger partial charge in [0, 0.05) is 26.6 Å². The highest BCUT2D eigenvalue weighted by molar-refractivity contribution is 9.10. The minimum atomic E-state index is -0.512. The van der Waals surface area contributed by atoms with Gasteiger partial charge in [-0.2, -0.15) is 0 Å². The minimum Gasteiger partial charge on any atom is -0.321 e. The van der Waals surface area contributed by atoms with Crippen molar-refractivity contribution in [3.05, 3.63) is 67.1 Å². The third-order valence-corrected chi connectivity index (χ3v) is 3.74. The van der Waals surface area contributed by atoms with E-state index in [1.165, 1.54) is 18.2 Å². The summed E-state index contributed by atoms with van der Waals surface area (Å²) in [5, 5.41) is 13.4. The normalized spacial score (nSPS) is 10.1. The number of anilines is 1. The van der Waals surface area contributed by atoms with Crippen LogP contribution in [0.3, 0.4) is 0 Å². The molecule has 1 amide bonds. The summed E-state index contributed by atoms with van der Waals surface area (Å²) in [5.74, 6) is -0.335. The van der Waals surface area contributed by atoms with Crippen molar-refractivity contribution in [3.63, 3.8) is 0 Å². The lowest BCUT2D eigenvalue weighted by atomic mass is 10.2. The molecule has 0 aliphatic carbocycles. The number of nitro groups is 1. The van der Waals surface area contributed by atoms with Crippen LogP contribution >= 0.6 is 31.9 Å². The summed E-state index contributed by atoms with van der Waals surface area (Å²) in [6, 6.07) is 11.0. The van der Waals surface area contributed by atoms with E-state index in [-0.39, 0.29) is 11.6 Å². The summed E-state index contributed by atoms with van der Waals surface area (Å²) in [4.78, 5) is 22.3. The predicted octanol–water partition coefficient (Wildman–Crippen LogP) is 4.37. The topological polar surface area (TPSA) is 72.2 Å². The standard InChI is InChI=1S/C13H8Br2N2O3/c14-9-3-1-8(2-4-9)13(18)16-12-7-10(17(19)20)5-6-11(12)15/h1-7H,(H,16,18). The van der Waals surface area contributed by atoms with Gasteiger partial charge >= 0.3 is 0 Å². The Balaban J connectivity index is 2.25. The van der Waals surface area contributed by atoms with Crippen molar-refractivity contribution in [3.8, 4) is 0 Å². The van der Waals surface area contributed by atoms with Gasteiger partial charge in [-0.05, 0) is 46.3 Å². The molecule has 2 aromatic rings. The van der Waals surface area contributed by atoms with E-state index < -0.39 is 4.92 Å². The van der Waals surface area contributed by atoms with Crippen molar-refractivity contribution in [1.29, 1.82) is 0 Å². The number of nitrogens with one attached hydrogen (secondary N) is 1. The van der Waals surface area contributed by atoms with Crippen LogP contribution in [0.2, 0.25) is 0 Å². The Morgan fingerprint density at radius 3 is 2.35 bits per heavy atom. The number of non-ortho nitro benzene ring substituents is 1. The van der Waals surface area contributed by atoms with Crippen LogP contribution in [0.4, 0.5) is 11.4 Å². The molecule has 0 spiro atoms. The molecule has 0 unspecified atom stereocenters. The number of carbonyl (C=O) groups is 1. The van der Waals surface area contributed by atoms with Gasteiger partial charge < -0.3 is 5.32 Å². The third-order valence-electron chi connectivity index (χ3n) is 2.52. The number of hydrogen-bond acceptors (Lipinski definition) is 3. The van der Waals surface area contributed by atoms with Gasteiger partial charge in [0.15, 0.2) is 0 Å². The van der Waals surface area contributed by atoms with E-state index in [9.17, 15) is 14.9 Å². The molecule has 0 radical (unpaired) electrons. The Labute approximate surface area is 131 Å². The molecular weight excluding hydrogens is 392 g/mol. The molecule has 0 fully saturated rings. The fourth-order valence-corrected chi connectivity index (χ4v) is 2.13. The summed E-state index contributed by atoms with van der Waals surface area (Å²) >= 11 is 6.53. The van der Waals surface area contributed by atoms with E-state index in [0.29, 0.717) is 15.7 Å². The maximum Gasteiger partial charge on any atom is 0.271 e. The molecule has 20 heavy (non-hydrogen) atoms. The lowest BCUT2D eigenvalue weighted by molar-refractivity contribution is -0.384. The fraction of sp³-hybridized carbons (Fsp3) is 0. The molecule has 2 rings (SSSR count). The van der Waals surface area contributed by atoms with Crippen molar-refractivity contribution < 1.29 is 9.72 Å². The van der Waals surface area contributed by atoms with Gasteiger partial charge in [0.05, 0.1) is 10.6 Å². The summed E-state index contributed by atoms with van der Waals surface area (Å²) in [7, 11) is 0. The van der Waals surface area contributed by atoms with E-state index >= 15 is 0 Å². The molecular formula is C13H8Br2N2O3. The van der Waals surface area contributed by atoms with Gasteiger partial charge in [-0.1, -0.05) is 15.9 Å². The monoisotopic (exact) mass is 398 g/mol. The summed E-state index contributed by atoms with van der Waals surface area (Å²) in [6.45, 7) is 0. The predicted molar refractivity (Wildman–Crippen MR) is 82.9 cm³/mol. The maximum atomic E-state index is 12.0. The van der Waals surface area contributed by atoms with Crippen molar-refractivity contribution in [1.82, 2.24) is 0 Å². The van der Waals surface area contributed by atoms with Crippen molar-refractivity contribution in [2.24, 2.45) is 0 Å². The SMILES string of the molecule is O=C(Nc1cc([N+](=O)[O-])ccc1Br)c1ccc(Br)cc1. The molecule has 0 aliphatic rings. The van der Waals surface area contributed by atoms with E-state index in [1.807, 2.05) is 0 Å². The van der Waals surface area contributed by atoms with Gasteiger partial charge in [0.25, 0.3) is 11.6 Å². The number of rotatable bonds is 3. The average Bonchev–Trinajstić information content (AvgIpc) is 2.41. The summed E-state index contributed by atoms with van der Waals surface area (Å²) in [5.41, 5.74) is 0.734. The van der Waals surface area contributed by atoms with Crippen molar-refractivity contribution in [2.45, 2.75) is 0 Å². The number of halogens is 2. The zero-order valence-corrected chi connectivity index (χ0v) is 13.1. The Hall–Kier alpha value is -1.73. The molecule has 0 heterocycles.